The Hall–Kier alpha value is -3.19. The molecule has 1 saturated heterocycles. The van der Waals surface area contributed by atoms with Crippen molar-refractivity contribution in [1.29, 1.82) is 0 Å². The zero-order chi connectivity index (χ0) is 21.5. The summed E-state index contributed by atoms with van der Waals surface area (Å²) in [5.41, 5.74) is 1.20. The molecule has 3 rings (SSSR count). The number of hydrogen-bond donors (Lipinski definition) is 1. The Morgan fingerprint density at radius 3 is 2.43 bits per heavy atom. The molecule has 7 nitrogen and oxygen atoms in total. The van der Waals surface area contributed by atoms with Crippen LogP contribution in [0.15, 0.2) is 54.4 Å². The number of ether oxygens (including phenoxy) is 2. The number of methoxy groups -OCH3 is 1. The van der Waals surface area contributed by atoms with E-state index in [4.69, 9.17) is 9.47 Å². The quantitative estimate of drug-likeness (QED) is 0.295. The molecule has 1 N–H and O–H groups in total. The summed E-state index contributed by atoms with van der Waals surface area (Å²) in [6, 6.07) is 9.61. The molecule has 30 heavy (non-hydrogen) atoms. The molecule has 1 amide bonds. The average Bonchev–Trinajstić information content (AvgIpc) is 3.03. The van der Waals surface area contributed by atoms with E-state index in [0.29, 0.717) is 23.5 Å². The van der Waals surface area contributed by atoms with Crippen molar-refractivity contribution in [2.45, 2.75) is 25.8 Å². The Morgan fingerprint density at radius 2 is 1.80 bits per heavy atom. The molecule has 1 atom stereocenters. The lowest BCUT2D eigenvalue weighted by Gasteiger charge is -2.24. The third-order valence-corrected chi connectivity index (χ3v) is 4.99. The fourth-order valence-electron chi connectivity index (χ4n) is 3.39. The zero-order valence-electron chi connectivity index (χ0n) is 17.2. The Labute approximate surface area is 175 Å². The van der Waals surface area contributed by atoms with Gasteiger partial charge in [0, 0.05) is 31.6 Å². The van der Waals surface area contributed by atoms with Crippen LogP contribution < -0.4 is 4.74 Å². The Bertz CT molecular complexity index is 909. The van der Waals surface area contributed by atoms with Gasteiger partial charge in [-0.3, -0.25) is 14.6 Å². The lowest BCUT2D eigenvalue weighted by atomic mass is 9.96. The van der Waals surface area contributed by atoms with E-state index in [2.05, 4.69) is 11.9 Å². The molecule has 0 bridgehead atoms. The highest BCUT2D eigenvalue weighted by atomic mass is 16.5. The molecule has 1 aromatic carbocycles. The minimum atomic E-state index is -0.714. The number of rotatable bonds is 9. The maximum absolute atomic E-state index is 12.8. The van der Waals surface area contributed by atoms with Crippen molar-refractivity contribution in [3.05, 3.63) is 65.5 Å². The second kappa shape index (κ2) is 10.0. The minimum Gasteiger partial charge on any atom is -0.507 e. The number of amides is 1. The number of unbranched alkanes of at least 4 members (excludes halogenated alkanes) is 1. The van der Waals surface area contributed by atoms with Gasteiger partial charge in [-0.1, -0.05) is 13.3 Å². The van der Waals surface area contributed by atoms with Crippen LogP contribution in [0.1, 0.15) is 36.9 Å². The first-order valence-electron chi connectivity index (χ1n) is 9.99. The third kappa shape index (κ3) is 4.52. The van der Waals surface area contributed by atoms with E-state index in [9.17, 15) is 14.7 Å². The van der Waals surface area contributed by atoms with Crippen LogP contribution in [0.25, 0.3) is 5.76 Å². The number of aromatic nitrogens is 1. The molecule has 158 valence electrons. The van der Waals surface area contributed by atoms with Gasteiger partial charge in [0.25, 0.3) is 11.7 Å². The van der Waals surface area contributed by atoms with Crippen LogP contribution >= 0.6 is 0 Å². The van der Waals surface area contributed by atoms with Crippen LogP contribution in [-0.4, -0.2) is 53.5 Å². The Kier molecular flexibility index (Phi) is 7.19. The second-order valence-corrected chi connectivity index (χ2v) is 6.99. The summed E-state index contributed by atoms with van der Waals surface area (Å²) in [5.74, 6) is -0.898. The van der Waals surface area contributed by atoms with Crippen LogP contribution in [-0.2, 0) is 14.3 Å². The molecular formula is C23H26N2O5. The highest BCUT2D eigenvalue weighted by Gasteiger charge is 2.45. The Balaban J connectivity index is 1.98. The number of ketones is 1. The van der Waals surface area contributed by atoms with Crippen molar-refractivity contribution in [2.75, 3.05) is 26.9 Å². The molecule has 1 unspecified atom stereocenters. The van der Waals surface area contributed by atoms with E-state index in [1.54, 1.807) is 48.8 Å². The Morgan fingerprint density at radius 1 is 1.10 bits per heavy atom. The van der Waals surface area contributed by atoms with Crippen molar-refractivity contribution in [3.8, 4) is 5.75 Å². The first-order chi connectivity index (χ1) is 14.6. The number of aliphatic hydroxyl groups excluding tert-OH is 1. The van der Waals surface area contributed by atoms with E-state index in [-0.39, 0.29) is 24.5 Å². The SMILES string of the molecule is CCCCOc1ccc(C(O)=C2C(=O)C(=O)N(CCOC)C2c2ccncc2)cc1. The number of aliphatic hydroxyl groups is 1. The molecule has 2 aromatic rings. The first kappa shape index (κ1) is 21.5. The fourth-order valence-corrected chi connectivity index (χ4v) is 3.39. The largest absolute Gasteiger partial charge is 0.507 e. The van der Waals surface area contributed by atoms with Crippen LogP contribution in [0.4, 0.5) is 0 Å². The summed E-state index contributed by atoms with van der Waals surface area (Å²) >= 11 is 0. The van der Waals surface area contributed by atoms with Crippen LogP contribution in [0.3, 0.4) is 0 Å². The standard InChI is InChI=1S/C23H26N2O5/c1-3-4-14-30-18-7-5-17(6-8-18)21(26)19-20(16-9-11-24-12-10-16)25(13-15-29-2)23(28)22(19)27/h5-12,20,26H,3-4,13-15H2,1-2H3. The number of Topliss-reactive ketones (excluding diaryl/α,β-unsaturated/α-hetero) is 1. The predicted octanol–water partition coefficient (Wildman–Crippen LogP) is 3.33. The van der Waals surface area contributed by atoms with Gasteiger partial charge < -0.3 is 19.5 Å². The van der Waals surface area contributed by atoms with E-state index in [0.717, 1.165) is 12.8 Å². The number of carbonyl (C=O) groups is 2. The van der Waals surface area contributed by atoms with Crippen LogP contribution in [0, 0.1) is 0 Å². The molecule has 1 aromatic heterocycles. The van der Waals surface area contributed by atoms with Crippen LogP contribution in [0.2, 0.25) is 0 Å². The summed E-state index contributed by atoms with van der Waals surface area (Å²) in [6.45, 7) is 3.22. The maximum atomic E-state index is 12.8. The lowest BCUT2D eigenvalue weighted by molar-refractivity contribution is -0.140. The van der Waals surface area contributed by atoms with E-state index >= 15 is 0 Å². The van der Waals surface area contributed by atoms with Gasteiger partial charge in [0.05, 0.1) is 24.8 Å². The maximum Gasteiger partial charge on any atom is 0.295 e. The number of likely N-dealkylation sites (tertiary alicyclic amines) is 1. The van der Waals surface area contributed by atoms with Gasteiger partial charge in [-0.2, -0.15) is 0 Å². The zero-order valence-corrected chi connectivity index (χ0v) is 17.2. The highest BCUT2D eigenvalue weighted by molar-refractivity contribution is 6.46. The number of carbonyl (C=O) groups excluding carboxylic acids is 2. The summed E-state index contributed by atoms with van der Waals surface area (Å²) < 4.78 is 10.7. The van der Waals surface area contributed by atoms with Crippen molar-refractivity contribution >= 4 is 17.4 Å². The van der Waals surface area contributed by atoms with Gasteiger partial charge in [-0.15, -0.1) is 0 Å². The van der Waals surface area contributed by atoms with Gasteiger partial charge in [-0.25, -0.2) is 0 Å². The van der Waals surface area contributed by atoms with E-state index < -0.39 is 17.7 Å². The van der Waals surface area contributed by atoms with Crippen molar-refractivity contribution < 1.29 is 24.2 Å². The third-order valence-electron chi connectivity index (χ3n) is 4.99. The normalized spacial score (nSPS) is 18.1. The number of nitrogens with zero attached hydrogens (tertiary/aromatic N) is 2. The van der Waals surface area contributed by atoms with Gasteiger partial charge in [0.1, 0.15) is 11.5 Å². The molecule has 0 spiro atoms. The monoisotopic (exact) mass is 410 g/mol. The number of hydrogen-bond acceptors (Lipinski definition) is 6. The van der Waals surface area contributed by atoms with Crippen LogP contribution in [0.5, 0.6) is 5.75 Å². The number of pyridine rings is 1. The highest BCUT2D eigenvalue weighted by Crippen LogP contribution is 2.39. The predicted molar refractivity (Wildman–Crippen MR) is 112 cm³/mol. The van der Waals surface area contributed by atoms with Gasteiger partial charge >= 0.3 is 0 Å². The summed E-state index contributed by atoms with van der Waals surface area (Å²) in [5, 5.41) is 11.0. The molecule has 1 aliphatic rings. The molecule has 0 saturated carbocycles. The molecule has 1 aliphatic heterocycles. The van der Waals surface area contributed by atoms with Gasteiger partial charge in [0.2, 0.25) is 0 Å². The minimum absolute atomic E-state index is 0.0574. The van der Waals surface area contributed by atoms with Crippen molar-refractivity contribution in [2.24, 2.45) is 0 Å². The lowest BCUT2D eigenvalue weighted by Crippen LogP contribution is -2.32. The first-order valence-corrected chi connectivity index (χ1v) is 9.99. The topological polar surface area (TPSA) is 89.0 Å². The number of benzene rings is 1. The fraction of sp³-hybridized carbons (Fsp3) is 0.348. The average molecular weight is 410 g/mol. The molecular weight excluding hydrogens is 384 g/mol. The molecule has 1 fully saturated rings. The summed E-state index contributed by atoms with van der Waals surface area (Å²) in [7, 11) is 1.53. The van der Waals surface area contributed by atoms with Gasteiger partial charge in [0.15, 0.2) is 0 Å². The molecule has 2 heterocycles. The molecule has 0 aliphatic carbocycles. The van der Waals surface area contributed by atoms with Gasteiger partial charge in [-0.05, 0) is 48.4 Å². The molecule has 0 radical (unpaired) electrons. The van der Waals surface area contributed by atoms with Crippen molar-refractivity contribution in [3.63, 3.8) is 0 Å². The smallest absolute Gasteiger partial charge is 0.295 e. The van der Waals surface area contributed by atoms with E-state index in [1.165, 1.54) is 12.0 Å². The van der Waals surface area contributed by atoms with Crippen molar-refractivity contribution in [1.82, 2.24) is 9.88 Å². The summed E-state index contributed by atoms with van der Waals surface area (Å²) in [4.78, 5) is 30.9. The summed E-state index contributed by atoms with van der Waals surface area (Å²) in [6.07, 6.45) is 5.18. The molecule has 7 heteroatoms. The van der Waals surface area contributed by atoms with E-state index in [1.807, 2.05) is 0 Å². The second-order valence-electron chi connectivity index (χ2n) is 6.99.